The van der Waals surface area contributed by atoms with Crippen LogP contribution >= 0.6 is 11.8 Å². The molecular formula is C17H21F3N2O3S. The van der Waals surface area contributed by atoms with E-state index in [1.165, 1.54) is 28.8 Å². The van der Waals surface area contributed by atoms with Crippen LogP contribution in [-0.4, -0.2) is 46.5 Å². The second kappa shape index (κ2) is 7.77. The zero-order chi connectivity index (χ0) is 19.5. The third-order valence-corrected chi connectivity index (χ3v) is 4.56. The molecule has 0 radical (unpaired) electrons. The molecule has 2 amide bonds. The van der Waals surface area contributed by atoms with Crippen LogP contribution in [0.4, 0.5) is 13.2 Å². The van der Waals surface area contributed by atoms with E-state index in [1.54, 1.807) is 0 Å². The second-order valence-corrected chi connectivity index (χ2v) is 7.93. The number of benzene rings is 1. The molecule has 1 aromatic rings. The number of carbonyl (C=O) groups excluding carboxylic acids is 2. The summed E-state index contributed by atoms with van der Waals surface area (Å²) in [5, 5.41) is 2.85. The number of thioether (sulfide) groups is 1. The first-order chi connectivity index (χ1) is 12.0. The molecule has 0 bridgehead atoms. The Labute approximate surface area is 154 Å². The highest BCUT2D eigenvalue weighted by atomic mass is 32.2. The number of rotatable bonds is 4. The number of ether oxygens (including phenoxy) is 1. The number of hydrogen-bond donors (Lipinski definition) is 1. The van der Waals surface area contributed by atoms with E-state index in [0.717, 1.165) is 12.1 Å². The topological polar surface area (TPSA) is 58.6 Å². The fourth-order valence-corrected chi connectivity index (χ4v) is 3.51. The number of nitrogens with one attached hydrogen (secondary N) is 1. The normalized spacial score (nSPS) is 17.9. The van der Waals surface area contributed by atoms with Gasteiger partial charge in [-0.2, -0.15) is 13.2 Å². The molecule has 1 aliphatic rings. The van der Waals surface area contributed by atoms with Crippen LogP contribution in [0.25, 0.3) is 0 Å². The Morgan fingerprint density at radius 1 is 1.23 bits per heavy atom. The van der Waals surface area contributed by atoms with Gasteiger partial charge in [0.05, 0.1) is 11.4 Å². The van der Waals surface area contributed by atoms with Gasteiger partial charge in [0.25, 0.3) is 5.91 Å². The van der Waals surface area contributed by atoms with Crippen LogP contribution in [-0.2, 0) is 15.8 Å². The summed E-state index contributed by atoms with van der Waals surface area (Å²) >= 11 is 1.46. The molecule has 0 spiro atoms. The van der Waals surface area contributed by atoms with Gasteiger partial charge in [0, 0.05) is 11.3 Å². The van der Waals surface area contributed by atoms with Crippen molar-refractivity contribution >= 4 is 23.6 Å². The molecule has 9 heteroatoms. The van der Waals surface area contributed by atoms with Crippen molar-refractivity contribution in [3.05, 3.63) is 29.8 Å². The average molecular weight is 390 g/mol. The Balaban J connectivity index is 1.93. The Bertz CT molecular complexity index is 657. The molecular weight excluding hydrogens is 369 g/mol. The van der Waals surface area contributed by atoms with E-state index in [4.69, 9.17) is 4.74 Å². The summed E-state index contributed by atoms with van der Waals surface area (Å²) in [5.74, 6) is 0.411. The van der Waals surface area contributed by atoms with Crippen molar-refractivity contribution in [2.75, 3.05) is 18.2 Å². The van der Waals surface area contributed by atoms with Gasteiger partial charge >= 0.3 is 6.18 Å². The van der Waals surface area contributed by atoms with E-state index in [2.05, 4.69) is 5.32 Å². The van der Waals surface area contributed by atoms with Crippen LogP contribution < -0.4 is 10.1 Å². The predicted molar refractivity (Wildman–Crippen MR) is 92.8 cm³/mol. The smallest absolute Gasteiger partial charge is 0.416 e. The Morgan fingerprint density at radius 3 is 2.38 bits per heavy atom. The van der Waals surface area contributed by atoms with Gasteiger partial charge in [-0.3, -0.25) is 9.59 Å². The maximum absolute atomic E-state index is 12.5. The molecule has 144 valence electrons. The zero-order valence-corrected chi connectivity index (χ0v) is 15.5. The number of amides is 2. The molecule has 0 aromatic heterocycles. The molecule has 1 unspecified atom stereocenters. The SMILES string of the molecule is CC(C)(C)NC(=O)C1CSCN1C(=O)COc1ccc(C(F)(F)F)cc1. The minimum absolute atomic E-state index is 0.161. The molecule has 1 atom stereocenters. The van der Waals surface area contributed by atoms with Gasteiger partial charge in [-0.25, -0.2) is 0 Å². The lowest BCUT2D eigenvalue weighted by atomic mass is 10.1. The molecule has 0 saturated carbocycles. The summed E-state index contributed by atoms with van der Waals surface area (Å²) in [6.45, 7) is 5.22. The summed E-state index contributed by atoms with van der Waals surface area (Å²) in [5.41, 5.74) is -1.19. The minimum Gasteiger partial charge on any atom is -0.484 e. The molecule has 1 saturated heterocycles. The number of nitrogens with zero attached hydrogens (tertiary/aromatic N) is 1. The molecule has 1 heterocycles. The Kier molecular flexibility index (Phi) is 6.10. The van der Waals surface area contributed by atoms with E-state index in [-0.39, 0.29) is 24.2 Å². The van der Waals surface area contributed by atoms with Gasteiger partial charge < -0.3 is 15.0 Å². The lowest BCUT2D eigenvalue weighted by molar-refractivity contribution is -0.140. The summed E-state index contributed by atoms with van der Waals surface area (Å²) < 4.78 is 42.9. The van der Waals surface area contributed by atoms with Gasteiger partial charge in [0.1, 0.15) is 11.8 Å². The van der Waals surface area contributed by atoms with E-state index in [0.29, 0.717) is 11.6 Å². The van der Waals surface area contributed by atoms with Crippen LogP contribution in [0, 0.1) is 0 Å². The standard InChI is InChI=1S/C17H21F3N2O3S/c1-16(2,3)21-15(24)13-9-26-10-22(13)14(23)8-25-12-6-4-11(5-7-12)17(18,19)20/h4-7,13H,8-10H2,1-3H3,(H,21,24). The fraction of sp³-hybridized carbons (Fsp3) is 0.529. The van der Waals surface area contributed by atoms with Crippen molar-refractivity contribution in [2.24, 2.45) is 0 Å². The average Bonchev–Trinajstić information content (AvgIpc) is 3.00. The largest absolute Gasteiger partial charge is 0.484 e. The van der Waals surface area contributed by atoms with Crippen molar-refractivity contribution in [2.45, 2.75) is 38.5 Å². The highest BCUT2D eigenvalue weighted by molar-refractivity contribution is 7.99. The first kappa shape index (κ1) is 20.4. The number of alkyl halides is 3. The molecule has 0 aliphatic carbocycles. The second-order valence-electron chi connectivity index (χ2n) is 6.93. The molecule has 2 rings (SSSR count). The third kappa shape index (κ3) is 5.55. The summed E-state index contributed by atoms with van der Waals surface area (Å²) in [6.07, 6.45) is -4.42. The predicted octanol–water partition coefficient (Wildman–Crippen LogP) is 2.90. The molecule has 5 nitrogen and oxygen atoms in total. The van der Waals surface area contributed by atoms with Gasteiger partial charge in [0.2, 0.25) is 5.91 Å². The number of hydrogen-bond acceptors (Lipinski definition) is 4. The van der Waals surface area contributed by atoms with Gasteiger partial charge in [-0.15, -0.1) is 11.8 Å². The van der Waals surface area contributed by atoms with Gasteiger partial charge in [-0.1, -0.05) is 0 Å². The number of halogens is 3. The minimum atomic E-state index is -4.42. The van der Waals surface area contributed by atoms with Crippen molar-refractivity contribution in [1.29, 1.82) is 0 Å². The van der Waals surface area contributed by atoms with Gasteiger partial charge in [0.15, 0.2) is 6.61 Å². The highest BCUT2D eigenvalue weighted by Crippen LogP contribution is 2.30. The first-order valence-corrected chi connectivity index (χ1v) is 9.12. The van der Waals surface area contributed by atoms with Crippen molar-refractivity contribution < 1.29 is 27.5 Å². The Morgan fingerprint density at radius 2 is 1.85 bits per heavy atom. The fourth-order valence-electron chi connectivity index (χ4n) is 2.33. The summed E-state index contributed by atoms with van der Waals surface area (Å²) in [6, 6.07) is 3.54. The molecule has 26 heavy (non-hydrogen) atoms. The van der Waals surface area contributed by atoms with Crippen molar-refractivity contribution in [1.82, 2.24) is 10.2 Å². The van der Waals surface area contributed by atoms with Crippen LogP contribution in [0.15, 0.2) is 24.3 Å². The molecule has 1 aliphatic heterocycles. The van der Waals surface area contributed by atoms with Crippen LogP contribution in [0.3, 0.4) is 0 Å². The quantitative estimate of drug-likeness (QED) is 0.859. The number of carbonyl (C=O) groups is 2. The van der Waals surface area contributed by atoms with E-state index < -0.39 is 23.3 Å². The van der Waals surface area contributed by atoms with Crippen molar-refractivity contribution in [3.63, 3.8) is 0 Å². The summed E-state index contributed by atoms with van der Waals surface area (Å²) in [7, 11) is 0. The molecule has 1 fully saturated rings. The lowest BCUT2D eigenvalue weighted by Gasteiger charge is -2.27. The van der Waals surface area contributed by atoms with Crippen LogP contribution in [0.2, 0.25) is 0 Å². The van der Waals surface area contributed by atoms with Crippen LogP contribution in [0.1, 0.15) is 26.3 Å². The van der Waals surface area contributed by atoms with Crippen LogP contribution in [0.5, 0.6) is 5.75 Å². The molecule has 1 aromatic carbocycles. The van der Waals surface area contributed by atoms with E-state index >= 15 is 0 Å². The van der Waals surface area contributed by atoms with Gasteiger partial charge in [-0.05, 0) is 45.0 Å². The lowest BCUT2D eigenvalue weighted by Crippen LogP contribution is -2.53. The van der Waals surface area contributed by atoms with Crippen molar-refractivity contribution in [3.8, 4) is 5.75 Å². The third-order valence-electron chi connectivity index (χ3n) is 3.55. The summed E-state index contributed by atoms with van der Waals surface area (Å²) in [4.78, 5) is 26.1. The van der Waals surface area contributed by atoms with E-state index in [1.807, 2.05) is 20.8 Å². The zero-order valence-electron chi connectivity index (χ0n) is 14.7. The Hall–Kier alpha value is -1.90. The van der Waals surface area contributed by atoms with E-state index in [9.17, 15) is 22.8 Å². The molecule has 1 N–H and O–H groups in total. The maximum Gasteiger partial charge on any atom is 0.416 e. The highest BCUT2D eigenvalue weighted by Gasteiger charge is 2.36. The maximum atomic E-state index is 12.5. The first-order valence-electron chi connectivity index (χ1n) is 7.97. The monoisotopic (exact) mass is 390 g/mol.